The van der Waals surface area contributed by atoms with E-state index in [0.29, 0.717) is 37.3 Å². The van der Waals surface area contributed by atoms with Crippen molar-refractivity contribution in [3.63, 3.8) is 0 Å². The molecule has 0 radical (unpaired) electrons. The van der Waals surface area contributed by atoms with E-state index in [1.807, 2.05) is 25.1 Å². The predicted octanol–water partition coefficient (Wildman–Crippen LogP) is 3.21. The summed E-state index contributed by atoms with van der Waals surface area (Å²) in [5.41, 5.74) is 0.0484. The first kappa shape index (κ1) is 19.7. The second kappa shape index (κ2) is 8.67. The minimum atomic E-state index is -1.09. The molecule has 1 N–H and O–H groups in total. The molecule has 140 valence electrons. The molecule has 1 aromatic carbocycles. The van der Waals surface area contributed by atoms with Gasteiger partial charge in [-0.3, -0.25) is 4.79 Å². The van der Waals surface area contributed by atoms with E-state index in [-0.39, 0.29) is 0 Å². The van der Waals surface area contributed by atoms with Gasteiger partial charge in [-0.25, -0.2) is 4.79 Å². The summed E-state index contributed by atoms with van der Waals surface area (Å²) in [5.74, 6) is 0.606. The van der Waals surface area contributed by atoms with E-state index in [0.717, 1.165) is 11.0 Å². The topological polar surface area (TPSA) is 86.0 Å². The van der Waals surface area contributed by atoms with Crippen LogP contribution in [0.25, 0.3) is 11.0 Å². The SMILES string of the molecule is CC(=CCOc1ccc2ccc(=O)oc2c1)CCC(OC=O)C(C)(C)O. The van der Waals surface area contributed by atoms with Gasteiger partial charge in [-0.1, -0.05) is 5.57 Å². The third kappa shape index (κ3) is 5.74. The summed E-state index contributed by atoms with van der Waals surface area (Å²) in [4.78, 5) is 21.8. The molecule has 6 heteroatoms. The number of hydrogen-bond donors (Lipinski definition) is 1. The molecule has 0 bridgehead atoms. The maximum Gasteiger partial charge on any atom is 0.336 e. The Kier molecular flexibility index (Phi) is 6.58. The Morgan fingerprint density at radius 1 is 1.31 bits per heavy atom. The van der Waals surface area contributed by atoms with Crippen LogP contribution >= 0.6 is 0 Å². The van der Waals surface area contributed by atoms with E-state index in [1.165, 1.54) is 6.07 Å². The summed E-state index contributed by atoms with van der Waals surface area (Å²) < 4.78 is 15.8. The largest absolute Gasteiger partial charge is 0.489 e. The molecular formula is C20H24O6. The Morgan fingerprint density at radius 2 is 2.04 bits per heavy atom. The van der Waals surface area contributed by atoms with Crippen molar-refractivity contribution in [1.82, 2.24) is 0 Å². The Labute approximate surface area is 152 Å². The number of allylic oxidation sites excluding steroid dienone is 1. The van der Waals surface area contributed by atoms with Gasteiger partial charge in [-0.15, -0.1) is 0 Å². The van der Waals surface area contributed by atoms with Gasteiger partial charge >= 0.3 is 5.63 Å². The standard InChI is InChI=1S/C20H24O6/c1-14(4-8-18(25-13-21)20(2,3)23)10-11-24-16-7-5-15-6-9-19(22)26-17(15)12-16/h5-7,9-10,12-13,18,23H,4,8,11H2,1-3H3. The van der Waals surface area contributed by atoms with Crippen molar-refractivity contribution in [2.45, 2.75) is 45.3 Å². The number of benzene rings is 1. The molecule has 2 rings (SSSR count). The lowest BCUT2D eigenvalue weighted by molar-refractivity contribution is -0.147. The van der Waals surface area contributed by atoms with Gasteiger partial charge in [-0.05, 0) is 57.9 Å². The van der Waals surface area contributed by atoms with Crippen LogP contribution in [0.5, 0.6) is 5.75 Å². The van der Waals surface area contributed by atoms with Crippen molar-refractivity contribution in [3.05, 3.63) is 52.4 Å². The smallest absolute Gasteiger partial charge is 0.336 e. The fourth-order valence-electron chi connectivity index (χ4n) is 2.53. The van der Waals surface area contributed by atoms with Crippen LogP contribution in [0.3, 0.4) is 0 Å². The van der Waals surface area contributed by atoms with Crippen molar-refractivity contribution in [2.75, 3.05) is 6.61 Å². The van der Waals surface area contributed by atoms with Gasteiger partial charge in [0.15, 0.2) is 0 Å². The third-order valence-electron chi connectivity index (χ3n) is 4.08. The fraction of sp³-hybridized carbons (Fsp3) is 0.400. The van der Waals surface area contributed by atoms with Crippen LogP contribution in [-0.4, -0.2) is 29.9 Å². The molecule has 26 heavy (non-hydrogen) atoms. The Bertz CT molecular complexity index is 828. The molecule has 1 heterocycles. The minimum Gasteiger partial charge on any atom is -0.489 e. The highest BCUT2D eigenvalue weighted by atomic mass is 16.5. The summed E-state index contributed by atoms with van der Waals surface area (Å²) in [6.07, 6.45) is 2.55. The molecule has 6 nitrogen and oxygen atoms in total. The van der Waals surface area contributed by atoms with Gasteiger partial charge in [0.2, 0.25) is 0 Å². The first-order valence-electron chi connectivity index (χ1n) is 8.43. The first-order chi connectivity index (χ1) is 12.3. The molecule has 0 saturated carbocycles. The molecule has 0 aliphatic rings. The first-order valence-corrected chi connectivity index (χ1v) is 8.43. The van der Waals surface area contributed by atoms with Crippen molar-refractivity contribution in [2.24, 2.45) is 0 Å². The zero-order valence-corrected chi connectivity index (χ0v) is 15.2. The average Bonchev–Trinajstić information content (AvgIpc) is 2.57. The van der Waals surface area contributed by atoms with Crippen LogP contribution in [0.2, 0.25) is 0 Å². The summed E-state index contributed by atoms with van der Waals surface area (Å²) in [6.45, 7) is 5.90. The second-order valence-electron chi connectivity index (χ2n) is 6.73. The second-order valence-corrected chi connectivity index (χ2v) is 6.73. The van der Waals surface area contributed by atoms with Crippen LogP contribution in [0.4, 0.5) is 0 Å². The van der Waals surface area contributed by atoms with E-state index >= 15 is 0 Å². The highest BCUT2D eigenvalue weighted by Gasteiger charge is 2.27. The average molecular weight is 360 g/mol. The molecular weight excluding hydrogens is 336 g/mol. The zero-order chi connectivity index (χ0) is 19.2. The fourth-order valence-corrected chi connectivity index (χ4v) is 2.53. The predicted molar refractivity (Wildman–Crippen MR) is 98.2 cm³/mol. The molecule has 0 saturated heterocycles. The van der Waals surface area contributed by atoms with Crippen LogP contribution in [0, 0.1) is 0 Å². The van der Waals surface area contributed by atoms with Crippen molar-refractivity contribution >= 4 is 17.4 Å². The van der Waals surface area contributed by atoms with Crippen LogP contribution in [0.1, 0.15) is 33.6 Å². The minimum absolute atomic E-state index is 0.357. The number of hydrogen-bond acceptors (Lipinski definition) is 6. The highest BCUT2D eigenvalue weighted by Crippen LogP contribution is 2.21. The number of rotatable bonds is 9. The van der Waals surface area contributed by atoms with Crippen molar-refractivity contribution in [1.29, 1.82) is 0 Å². The van der Waals surface area contributed by atoms with E-state index in [9.17, 15) is 14.7 Å². The quantitative estimate of drug-likeness (QED) is 0.420. The van der Waals surface area contributed by atoms with E-state index in [1.54, 1.807) is 26.0 Å². The maximum atomic E-state index is 11.3. The molecule has 1 aromatic heterocycles. The Balaban J connectivity index is 1.91. The van der Waals surface area contributed by atoms with E-state index in [2.05, 4.69) is 0 Å². The maximum absolute atomic E-state index is 11.3. The Morgan fingerprint density at radius 3 is 2.73 bits per heavy atom. The normalized spacial score (nSPS) is 13.5. The molecule has 2 aromatic rings. The van der Waals surface area contributed by atoms with Gasteiger partial charge in [0.25, 0.3) is 6.47 Å². The van der Waals surface area contributed by atoms with Crippen LogP contribution < -0.4 is 10.4 Å². The van der Waals surface area contributed by atoms with E-state index in [4.69, 9.17) is 13.9 Å². The molecule has 0 amide bonds. The van der Waals surface area contributed by atoms with Gasteiger partial charge in [0.1, 0.15) is 24.0 Å². The number of fused-ring (bicyclic) bond motifs is 1. The van der Waals surface area contributed by atoms with Gasteiger partial charge in [0, 0.05) is 17.5 Å². The zero-order valence-electron chi connectivity index (χ0n) is 15.2. The molecule has 0 aliphatic carbocycles. The van der Waals surface area contributed by atoms with Gasteiger partial charge < -0.3 is 19.0 Å². The highest BCUT2D eigenvalue weighted by molar-refractivity contribution is 5.77. The Hall–Kier alpha value is -2.60. The third-order valence-corrected chi connectivity index (χ3v) is 4.08. The number of carbonyl (C=O) groups is 1. The summed E-state index contributed by atoms with van der Waals surface area (Å²) in [5, 5.41) is 10.8. The van der Waals surface area contributed by atoms with Gasteiger partial charge in [-0.2, -0.15) is 0 Å². The van der Waals surface area contributed by atoms with Crippen molar-refractivity contribution in [3.8, 4) is 5.75 Å². The number of aliphatic hydroxyl groups is 1. The molecule has 1 unspecified atom stereocenters. The van der Waals surface area contributed by atoms with E-state index < -0.39 is 17.3 Å². The molecule has 1 atom stereocenters. The van der Waals surface area contributed by atoms with Crippen LogP contribution in [-0.2, 0) is 9.53 Å². The van der Waals surface area contributed by atoms with Gasteiger partial charge in [0.05, 0.1) is 5.60 Å². The lowest BCUT2D eigenvalue weighted by atomic mass is 9.95. The van der Waals surface area contributed by atoms with Crippen LogP contribution in [0.15, 0.2) is 51.2 Å². The van der Waals surface area contributed by atoms with Crippen molar-refractivity contribution < 1.29 is 23.8 Å². The number of ether oxygens (including phenoxy) is 2. The monoisotopic (exact) mass is 360 g/mol. The summed E-state index contributed by atoms with van der Waals surface area (Å²) >= 11 is 0. The summed E-state index contributed by atoms with van der Waals surface area (Å²) in [6, 6.07) is 8.41. The summed E-state index contributed by atoms with van der Waals surface area (Å²) in [7, 11) is 0. The molecule has 0 fully saturated rings. The lowest BCUT2D eigenvalue weighted by Gasteiger charge is -2.27. The lowest BCUT2D eigenvalue weighted by Crippen LogP contribution is -2.38. The number of carbonyl (C=O) groups excluding carboxylic acids is 1. The molecule has 0 aliphatic heterocycles. The molecule has 0 spiro atoms.